The summed E-state index contributed by atoms with van der Waals surface area (Å²) in [5, 5.41) is 9.13. The average molecular weight is 236 g/mol. The lowest BCUT2D eigenvalue weighted by Gasteiger charge is -2.31. The number of likely N-dealkylation sites (tertiary alicyclic amines) is 1. The van der Waals surface area contributed by atoms with Gasteiger partial charge in [-0.1, -0.05) is 33.6 Å². The molecular weight excluding hydrogens is 212 g/mol. The lowest BCUT2D eigenvalue weighted by molar-refractivity contribution is -0.137. The number of amides is 1. The van der Waals surface area contributed by atoms with Crippen LogP contribution in [0.1, 0.15) is 52.9 Å². The van der Waals surface area contributed by atoms with Crippen LogP contribution in [-0.4, -0.2) is 23.4 Å². The zero-order chi connectivity index (χ0) is 12.8. The van der Waals surface area contributed by atoms with E-state index in [0.29, 0.717) is 6.04 Å². The van der Waals surface area contributed by atoms with Crippen LogP contribution >= 0.6 is 0 Å². The van der Waals surface area contributed by atoms with E-state index in [2.05, 4.69) is 13.0 Å². The molecule has 1 fully saturated rings. The smallest absolute Gasteiger partial charge is 0.240 e. The van der Waals surface area contributed by atoms with E-state index in [-0.39, 0.29) is 11.8 Å². The molecule has 1 aliphatic rings. The minimum atomic E-state index is -0.470. The van der Waals surface area contributed by atoms with Crippen molar-refractivity contribution in [3.8, 4) is 6.07 Å². The maximum atomic E-state index is 12.4. The van der Waals surface area contributed by atoms with E-state index in [1.807, 2.05) is 18.7 Å². The third-order valence-corrected chi connectivity index (χ3v) is 3.70. The summed E-state index contributed by atoms with van der Waals surface area (Å²) in [5.74, 6) is -0.313. The summed E-state index contributed by atoms with van der Waals surface area (Å²) < 4.78 is 0. The molecule has 96 valence electrons. The third kappa shape index (κ3) is 3.46. The maximum Gasteiger partial charge on any atom is 0.240 e. The summed E-state index contributed by atoms with van der Waals surface area (Å²) in [6.07, 6.45) is 5.60. The van der Waals surface area contributed by atoms with Gasteiger partial charge < -0.3 is 4.90 Å². The highest BCUT2D eigenvalue weighted by atomic mass is 16.2. The Bertz CT molecular complexity index is 293. The fourth-order valence-electron chi connectivity index (χ4n) is 2.56. The van der Waals surface area contributed by atoms with Crippen LogP contribution in [0.4, 0.5) is 0 Å². The van der Waals surface area contributed by atoms with Crippen LogP contribution in [0.15, 0.2) is 0 Å². The monoisotopic (exact) mass is 236 g/mol. The van der Waals surface area contributed by atoms with Gasteiger partial charge in [0.05, 0.1) is 6.07 Å². The van der Waals surface area contributed by atoms with Crippen LogP contribution in [0.5, 0.6) is 0 Å². The van der Waals surface area contributed by atoms with E-state index in [4.69, 9.17) is 5.26 Å². The van der Waals surface area contributed by atoms with Crippen LogP contribution in [-0.2, 0) is 4.79 Å². The van der Waals surface area contributed by atoms with Crippen molar-refractivity contribution in [3.63, 3.8) is 0 Å². The van der Waals surface area contributed by atoms with Crippen molar-refractivity contribution in [3.05, 3.63) is 0 Å². The van der Waals surface area contributed by atoms with Crippen LogP contribution < -0.4 is 0 Å². The second-order valence-electron chi connectivity index (χ2n) is 5.29. The molecule has 0 radical (unpaired) electrons. The number of nitrogens with zero attached hydrogens (tertiary/aromatic N) is 2. The highest BCUT2D eigenvalue weighted by Gasteiger charge is 2.31. The van der Waals surface area contributed by atoms with Crippen LogP contribution in [0.25, 0.3) is 0 Å². The highest BCUT2D eigenvalue weighted by molar-refractivity contribution is 5.81. The SMILES string of the molecule is CCC1CCCCCN1C(=O)C(C#N)C(C)C. The van der Waals surface area contributed by atoms with Crippen molar-refractivity contribution in [2.24, 2.45) is 11.8 Å². The number of hydrogen-bond donors (Lipinski definition) is 0. The van der Waals surface area contributed by atoms with Crippen molar-refractivity contribution in [2.75, 3.05) is 6.54 Å². The molecule has 0 saturated carbocycles. The van der Waals surface area contributed by atoms with Gasteiger partial charge in [0.15, 0.2) is 0 Å². The third-order valence-electron chi connectivity index (χ3n) is 3.70. The predicted molar refractivity (Wildman–Crippen MR) is 68.2 cm³/mol. The van der Waals surface area contributed by atoms with Gasteiger partial charge in [-0.05, 0) is 25.2 Å². The molecule has 1 aliphatic heterocycles. The number of carbonyl (C=O) groups is 1. The normalized spacial score (nSPS) is 23.0. The van der Waals surface area contributed by atoms with E-state index in [9.17, 15) is 4.79 Å². The molecule has 0 N–H and O–H groups in total. The van der Waals surface area contributed by atoms with Gasteiger partial charge in [-0.2, -0.15) is 5.26 Å². The number of carbonyl (C=O) groups excluding carboxylic acids is 1. The second-order valence-corrected chi connectivity index (χ2v) is 5.29. The van der Waals surface area contributed by atoms with Crippen LogP contribution in [0.3, 0.4) is 0 Å². The molecule has 1 saturated heterocycles. The molecule has 2 unspecified atom stereocenters. The molecular formula is C14H24N2O. The lowest BCUT2D eigenvalue weighted by Crippen LogP contribution is -2.44. The molecule has 3 nitrogen and oxygen atoms in total. The molecule has 0 aromatic rings. The number of rotatable bonds is 3. The minimum absolute atomic E-state index is 0.0521. The predicted octanol–water partition coefficient (Wildman–Crippen LogP) is 2.96. The second kappa shape index (κ2) is 6.64. The Labute approximate surface area is 105 Å². The average Bonchev–Trinajstić information content (AvgIpc) is 2.53. The first-order chi connectivity index (χ1) is 8.11. The molecule has 0 bridgehead atoms. The number of nitriles is 1. The zero-order valence-electron chi connectivity index (χ0n) is 11.3. The topological polar surface area (TPSA) is 44.1 Å². The summed E-state index contributed by atoms with van der Waals surface area (Å²) in [7, 11) is 0. The summed E-state index contributed by atoms with van der Waals surface area (Å²) in [4.78, 5) is 14.4. The van der Waals surface area contributed by atoms with Crippen molar-refractivity contribution in [1.82, 2.24) is 4.90 Å². The lowest BCUT2D eigenvalue weighted by atomic mass is 9.94. The van der Waals surface area contributed by atoms with Gasteiger partial charge in [0.25, 0.3) is 0 Å². The van der Waals surface area contributed by atoms with Gasteiger partial charge in [-0.25, -0.2) is 0 Å². The standard InChI is InChI=1S/C14H24N2O/c1-4-12-8-6-5-7-9-16(12)14(17)13(10-15)11(2)3/h11-13H,4-9H2,1-3H3. The van der Waals surface area contributed by atoms with Gasteiger partial charge in [-0.3, -0.25) is 4.79 Å². The summed E-state index contributed by atoms with van der Waals surface area (Å²) in [6.45, 7) is 6.87. The van der Waals surface area contributed by atoms with Gasteiger partial charge in [0.1, 0.15) is 5.92 Å². The quantitative estimate of drug-likeness (QED) is 0.756. The van der Waals surface area contributed by atoms with E-state index in [1.54, 1.807) is 0 Å². The Morgan fingerprint density at radius 2 is 2.12 bits per heavy atom. The molecule has 3 heteroatoms. The Kier molecular flexibility index (Phi) is 5.47. The van der Waals surface area contributed by atoms with Crippen LogP contribution in [0.2, 0.25) is 0 Å². The van der Waals surface area contributed by atoms with E-state index < -0.39 is 5.92 Å². The molecule has 0 aromatic carbocycles. The summed E-state index contributed by atoms with van der Waals surface area (Å²) in [6, 6.07) is 2.52. The van der Waals surface area contributed by atoms with Gasteiger partial charge >= 0.3 is 0 Å². The number of hydrogen-bond acceptors (Lipinski definition) is 2. The van der Waals surface area contributed by atoms with Crippen molar-refractivity contribution in [2.45, 2.75) is 58.9 Å². The van der Waals surface area contributed by atoms with E-state index in [1.165, 1.54) is 12.8 Å². The molecule has 0 aliphatic carbocycles. The van der Waals surface area contributed by atoms with E-state index in [0.717, 1.165) is 25.8 Å². The fraction of sp³-hybridized carbons (Fsp3) is 0.857. The molecule has 17 heavy (non-hydrogen) atoms. The molecule has 0 aromatic heterocycles. The first kappa shape index (κ1) is 14.0. The Morgan fingerprint density at radius 3 is 2.65 bits per heavy atom. The van der Waals surface area contributed by atoms with Crippen molar-refractivity contribution in [1.29, 1.82) is 5.26 Å². The first-order valence-electron chi connectivity index (χ1n) is 6.81. The highest BCUT2D eigenvalue weighted by Crippen LogP contribution is 2.23. The van der Waals surface area contributed by atoms with Crippen molar-refractivity contribution >= 4 is 5.91 Å². The van der Waals surface area contributed by atoms with Gasteiger partial charge in [0.2, 0.25) is 5.91 Å². The molecule has 1 amide bonds. The Morgan fingerprint density at radius 1 is 1.41 bits per heavy atom. The largest absolute Gasteiger partial charge is 0.339 e. The maximum absolute atomic E-state index is 12.4. The first-order valence-corrected chi connectivity index (χ1v) is 6.81. The van der Waals surface area contributed by atoms with Gasteiger partial charge in [0, 0.05) is 12.6 Å². The van der Waals surface area contributed by atoms with Gasteiger partial charge in [-0.15, -0.1) is 0 Å². The minimum Gasteiger partial charge on any atom is -0.339 e. The van der Waals surface area contributed by atoms with Crippen molar-refractivity contribution < 1.29 is 4.79 Å². The Balaban J connectivity index is 2.80. The molecule has 1 rings (SSSR count). The Hall–Kier alpha value is -1.04. The summed E-state index contributed by atoms with van der Waals surface area (Å²) in [5.41, 5.74) is 0. The van der Waals surface area contributed by atoms with Crippen LogP contribution in [0, 0.1) is 23.2 Å². The molecule has 2 atom stereocenters. The molecule has 1 heterocycles. The summed E-state index contributed by atoms with van der Waals surface area (Å²) >= 11 is 0. The fourth-order valence-corrected chi connectivity index (χ4v) is 2.56. The zero-order valence-corrected chi connectivity index (χ0v) is 11.3. The molecule has 0 spiro atoms. The van der Waals surface area contributed by atoms with E-state index >= 15 is 0 Å².